The fraction of sp³-hybridized carbons (Fsp3) is 0.421. The minimum absolute atomic E-state index is 0.0406. The number of nitrogens with zero attached hydrogens (tertiary/aromatic N) is 4. The molecule has 0 bridgehead atoms. The van der Waals surface area contributed by atoms with Gasteiger partial charge in [-0.15, -0.1) is 11.8 Å². The van der Waals surface area contributed by atoms with Crippen LogP contribution >= 0.6 is 42.6 Å². The summed E-state index contributed by atoms with van der Waals surface area (Å²) in [4.78, 5) is 26.4. The Labute approximate surface area is 210 Å². The first-order valence-electron chi connectivity index (χ1n) is 9.93. The van der Waals surface area contributed by atoms with Crippen LogP contribution in [0.15, 0.2) is 29.4 Å². The van der Waals surface area contributed by atoms with Crippen molar-refractivity contribution in [3.05, 3.63) is 45.7 Å². The molecule has 4 atom stereocenters. The van der Waals surface area contributed by atoms with Crippen LogP contribution in [0.25, 0.3) is 0 Å². The van der Waals surface area contributed by atoms with Crippen molar-refractivity contribution >= 4 is 60.9 Å². The number of halogens is 2. The number of ether oxygens (including phenoxy) is 1. The zero-order valence-electron chi connectivity index (χ0n) is 18.0. The molecule has 0 unspecified atom stereocenters. The molecule has 0 aliphatic carbocycles. The fourth-order valence-corrected chi connectivity index (χ4v) is 5.57. The van der Waals surface area contributed by atoms with Gasteiger partial charge in [-0.1, -0.05) is 29.8 Å². The Bertz CT molecular complexity index is 1080. The number of hydrazone groups is 1. The average molecular weight is 552 g/mol. The van der Waals surface area contributed by atoms with Crippen molar-refractivity contribution in [1.82, 2.24) is 9.97 Å². The molecule has 11 nitrogen and oxygen atoms in total. The van der Waals surface area contributed by atoms with Crippen molar-refractivity contribution in [3.8, 4) is 0 Å². The van der Waals surface area contributed by atoms with E-state index in [4.69, 9.17) is 37.7 Å². The summed E-state index contributed by atoms with van der Waals surface area (Å²) >= 11 is 13.3. The number of anilines is 2. The second kappa shape index (κ2) is 11.5. The van der Waals surface area contributed by atoms with Crippen LogP contribution in [0.4, 0.5) is 11.6 Å². The zero-order chi connectivity index (χ0) is 25.0. The first-order chi connectivity index (χ1) is 16.0. The SMILES string of the molecule is C=NN(c1nc(Cl)nc(NCc2ccccc2Cl)c1C)[C@@H]1O[C@H](CSCP(=O)(O)O)[C@@H](O)[C@H]1O. The van der Waals surface area contributed by atoms with Gasteiger partial charge >= 0.3 is 7.60 Å². The Morgan fingerprint density at radius 2 is 1.97 bits per heavy atom. The van der Waals surface area contributed by atoms with Crippen LogP contribution in [0.1, 0.15) is 11.1 Å². The van der Waals surface area contributed by atoms with E-state index in [-0.39, 0.29) is 16.9 Å². The molecule has 3 rings (SSSR count). The highest BCUT2D eigenvalue weighted by atomic mass is 35.5. The third-order valence-electron chi connectivity index (χ3n) is 4.99. The predicted molar refractivity (Wildman–Crippen MR) is 133 cm³/mol. The standard InChI is InChI=1S/C19H24Cl2N5O6PS/c1-10-16(23-7-11-5-3-4-6-12(11)20)24-19(21)25-17(10)26(22-2)18-15(28)14(27)13(32-18)8-34-9-33(29,30)31/h3-6,13-15,18,27-28H,2,7-9H2,1H3,(H,23,24,25)(H2,29,30,31)/t13-,14-,15-,18-/m1/s1. The van der Waals surface area contributed by atoms with Gasteiger partial charge in [0.15, 0.2) is 12.0 Å². The summed E-state index contributed by atoms with van der Waals surface area (Å²) in [6.07, 6.45) is -4.81. The Balaban J connectivity index is 1.79. The van der Waals surface area contributed by atoms with Crippen LogP contribution in [0.5, 0.6) is 0 Å². The smallest absolute Gasteiger partial charge is 0.335 e. The second-order valence-corrected chi connectivity index (χ2v) is 11.3. The number of nitrogens with one attached hydrogen (secondary N) is 1. The van der Waals surface area contributed by atoms with Crippen molar-refractivity contribution in [2.24, 2.45) is 5.10 Å². The summed E-state index contributed by atoms with van der Waals surface area (Å²) in [7, 11) is -4.22. The molecule has 1 aromatic heterocycles. The Morgan fingerprint density at radius 1 is 1.26 bits per heavy atom. The summed E-state index contributed by atoms with van der Waals surface area (Å²) < 4.78 is 16.8. The maximum absolute atomic E-state index is 11.1. The van der Waals surface area contributed by atoms with E-state index < -0.39 is 37.6 Å². The summed E-state index contributed by atoms with van der Waals surface area (Å²) in [6.45, 7) is 5.59. The summed E-state index contributed by atoms with van der Waals surface area (Å²) in [5, 5.41) is 29.7. The molecule has 0 saturated carbocycles. The minimum atomic E-state index is -4.22. The van der Waals surface area contributed by atoms with E-state index in [1.807, 2.05) is 18.2 Å². The van der Waals surface area contributed by atoms with Gasteiger partial charge < -0.3 is 30.1 Å². The topological polar surface area (TPSA) is 161 Å². The number of benzene rings is 1. The van der Waals surface area contributed by atoms with E-state index in [2.05, 4.69) is 27.1 Å². The molecular formula is C19H24Cl2N5O6PS. The summed E-state index contributed by atoms with van der Waals surface area (Å²) in [5.41, 5.74) is 0.922. The Morgan fingerprint density at radius 3 is 2.62 bits per heavy atom. The Kier molecular flexibility index (Phi) is 9.18. The van der Waals surface area contributed by atoms with Crippen molar-refractivity contribution < 1.29 is 29.3 Å². The largest absolute Gasteiger partial charge is 0.387 e. The van der Waals surface area contributed by atoms with Crippen molar-refractivity contribution in [1.29, 1.82) is 0 Å². The van der Waals surface area contributed by atoms with Crippen LogP contribution in [0.2, 0.25) is 10.3 Å². The summed E-state index contributed by atoms with van der Waals surface area (Å²) in [6, 6.07) is 7.31. The lowest BCUT2D eigenvalue weighted by molar-refractivity contribution is 0.0157. The molecule has 1 aromatic carbocycles. The monoisotopic (exact) mass is 551 g/mol. The van der Waals surface area contributed by atoms with E-state index >= 15 is 0 Å². The van der Waals surface area contributed by atoms with Gasteiger partial charge in [0.05, 0.1) is 11.6 Å². The number of thioether (sulfide) groups is 1. The highest BCUT2D eigenvalue weighted by Gasteiger charge is 2.46. The van der Waals surface area contributed by atoms with Crippen molar-refractivity contribution in [3.63, 3.8) is 0 Å². The van der Waals surface area contributed by atoms with Gasteiger partial charge in [-0.3, -0.25) is 4.57 Å². The molecule has 5 N–H and O–H groups in total. The van der Waals surface area contributed by atoms with Crippen molar-refractivity contribution in [2.75, 3.05) is 21.6 Å². The van der Waals surface area contributed by atoms with Gasteiger partial charge in [0, 0.05) is 29.6 Å². The highest BCUT2D eigenvalue weighted by molar-refractivity contribution is 8.04. The first kappa shape index (κ1) is 27.1. The molecule has 15 heteroatoms. The second-order valence-electron chi connectivity index (χ2n) is 7.43. The van der Waals surface area contributed by atoms with E-state index in [1.165, 1.54) is 5.01 Å². The lowest BCUT2D eigenvalue weighted by Gasteiger charge is -2.28. The van der Waals surface area contributed by atoms with E-state index in [0.717, 1.165) is 17.3 Å². The predicted octanol–water partition coefficient (Wildman–Crippen LogP) is 2.44. The number of aliphatic hydroxyl groups excluding tert-OH is 2. The van der Waals surface area contributed by atoms with Gasteiger partial charge in [-0.2, -0.15) is 10.1 Å². The van der Waals surface area contributed by atoms with E-state index in [0.29, 0.717) is 22.9 Å². The molecule has 0 radical (unpaired) electrons. The van der Waals surface area contributed by atoms with Gasteiger partial charge in [-0.25, -0.2) is 9.99 Å². The van der Waals surface area contributed by atoms with Crippen LogP contribution < -0.4 is 10.3 Å². The Hall–Kier alpha value is -1.47. The molecule has 1 aliphatic heterocycles. The maximum atomic E-state index is 11.1. The molecule has 1 aliphatic rings. The van der Waals surface area contributed by atoms with Crippen LogP contribution in [0.3, 0.4) is 0 Å². The number of aliphatic hydroxyl groups is 2. The normalized spacial score (nSPS) is 22.6. The van der Waals surface area contributed by atoms with E-state index in [1.54, 1.807) is 13.0 Å². The molecule has 0 spiro atoms. The highest BCUT2D eigenvalue weighted by Crippen LogP contribution is 2.40. The molecule has 2 heterocycles. The van der Waals surface area contributed by atoms with Gasteiger partial charge in [0.2, 0.25) is 5.28 Å². The van der Waals surface area contributed by atoms with Crippen LogP contribution in [-0.4, -0.2) is 72.5 Å². The van der Waals surface area contributed by atoms with Gasteiger partial charge in [0.25, 0.3) is 0 Å². The third-order valence-corrected chi connectivity index (χ3v) is 8.16. The van der Waals surface area contributed by atoms with Crippen molar-refractivity contribution in [2.45, 2.75) is 38.0 Å². The molecule has 186 valence electrons. The van der Waals surface area contributed by atoms with Crippen LogP contribution in [-0.2, 0) is 15.8 Å². The van der Waals surface area contributed by atoms with E-state index in [9.17, 15) is 14.8 Å². The quantitative estimate of drug-likeness (QED) is 0.127. The first-order valence-corrected chi connectivity index (χ1v) is 13.6. The fourth-order valence-electron chi connectivity index (χ4n) is 3.32. The zero-order valence-corrected chi connectivity index (χ0v) is 21.2. The average Bonchev–Trinajstić information content (AvgIpc) is 3.04. The molecule has 2 aromatic rings. The molecule has 34 heavy (non-hydrogen) atoms. The number of aromatic nitrogens is 2. The lowest BCUT2D eigenvalue weighted by Crippen LogP contribution is -2.42. The third kappa shape index (κ3) is 6.60. The van der Waals surface area contributed by atoms with Gasteiger partial charge in [0.1, 0.15) is 18.0 Å². The molecule has 1 fully saturated rings. The number of hydrogen-bond acceptors (Lipinski definition) is 10. The maximum Gasteiger partial charge on any atom is 0.335 e. The molecule has 0 amide bonds. The number of rotatable bonds is 10. The lowest BCUT2D eigenvalue weighted by atomic mass is 10.1. The minimum Gasteiger partial charge on any atom is -0.387 e. The number of hydrogen-bond donors (Lipinski definition) is 5. The molecule has 1 saturated heterocycles. The van der Waals surface area contributed by atoms with Crippen LogP contribution in [0, 0.1) is 6.92 Å². The molecular weight excluding hydrogens is 528 g/mol. The summed E-state index contributed by atoms with van der Waals surface area (Å²) in [5.74, 6) is 0.626. The van der Waals surface area contributed by atoms with Gasteiger partial charge in [-0.05, 0) is 30.2 Å².